The van der Waals surface area contributed by atoms with Crippen LogP contribution in [0.3, 0.4) is 0 Å². The Bertz CT molecular complexity index is 329. The Morgan fingerprint density at radius 1 is 1.41 bits per heavy atom. The highest BCUT2D eigenvalue weighted by Crippen LogP contribution is 2.57. The van der Waals surface area contributed by atoms with Gasteiger partial charge in [0, 0.05) is 0 Å². The third kappa shape index (κ3) is 2.71. The number of nitrogens with zero attached hydrogens (tertiary/aromatic N) is 1. The normalized spacial score (nSPS) is 26.3. The van der Waals surface area contributed by atoms with Gasteiger partial charge in [0.05, 0.1) is 0 Å². The number of carboxylic acid groups (broad SMARTS) is 1. The molecule has 7 heteroatoms. The molecule has 0 bridgehead atoms. The molecular formula is C10H20NO5P. The lowest BCUT2D eigenvalue weighted by molar-refractivity contribution is -0.145. The van der Waals surface area contributed by atoms with Crippen molar-refractivity contribution in [2.75, 3.05) is 13.1 Å². The van der Waals surface area contributed by atoms with Gasteiger partial charge in [-0.3, -0.25) is 9.46 Å². The highest BCUT2D eigenvalue weighted by atomic mass is 31.2. The van der Waals surface area contributed by atoms with Gasteiger partial charge in [-0.05, 0) is 32.4 Å². The summed E-state index contributed by atoms with van der Waals surface area (Å²) < 4.78 is 11.5. The fourth-order valence-electron chi connectivity index (χ4n) is 2.41. The molecule has 0 spiro atoms. The van der Waals surface area contributed by atoms with Gasteiger partial charge in [-0.15, -0.1) is 0 Å². The second-order valence-corrected chi connectivity index (χ2v) is 6.29. The lowest BCUT2D eigenvalue weighted by Gasteiger charge is -2.34. The van der Waals surface area contributed by atoms with Crippen LogP contribution >= 0.6 is 7.60 Å². The summed E-state index contributed by atoms with van der Waals surface area (Å²) in [4.78, 5) is 31.4. The van der Waals surface area contributed by atoms with E-state index in [-0.39, 0.29) is 6.42 Å². The van der Waals surface area contributed by atoms with Crippen LogP contribution in [0.4, 0.5) is 0 Å². The molecule has 1 saturated heterocycles. The van der Waals surface area contributed by atoms with Crippen LogP contribution in [0.1, 0.15) is 39.0 Å². The van der Waals surface area contributed by atoms with Gasteiger partial charge in [0.15, 0.2) is 0 Å². The molecule has 0 aromatic heterocycles. The number of likely N-dealkylation sites (tertiary alicyclic amines) is 1. The Kier molecular flexibility index (Phi) is 4.72. The number of hydrogen-bond donors (Lipinski definition) is 3. The molecule has 100 valence electrons. The van der Waals surface area contributed by atoms with E-state index in [1.165, 1.54) is 4.90 Å². The number of carboxylic acids is 1. The van der Waals surface area contributed by atoms with Gasteiger partial charge < -0.3 is 14.9 Å². The largest absolute Gasteiger partial charge is 0.479 e. The third-order valence-corrected chi connectivity index (χ3v) is 4.99. The van der Waals surface area contributed by atoms with E-state index in [0.717, 1.165) is 19.3 Å². The van der Waals surface area contributed by atoms with Crippen LogP contribution in [0, 0.1) is 0 Å². The zero-order chi connectivity index (χ0) is 13.1. The number of unbranched alkanes of at least 4 members (excludes halogenated alkanes) is 2. The lowest BCUT2D eigenvalue weighted by atomic mass is 10.2. The maximum Gasteiger partial charge on any atom is 0.357 e. The molecule has 1 unspecified atom stereocenters. The van der Waals surface area contributed by atoms with Crippen molar-refractivity contribution in [3.63, 3.8) is 0 Å². The summed E-state index contributed by atoms with van der Waals surface area (Å²) in [7, 11) is -4.68. The van der Waals surface area contributed by atoms with Gasteiger partial charge in [0.2, 0.25) is 5.28 Å². The predicted molar refractivity (Wildman–Crippen MR) is 62.7 cm³/mol. The minimum atomic E-state index is -4.68. The van der Waals surface area contributed by atoms with E-state index in [9.17, 15) is 24.3 Å². The molecule has 17 heavy (non-hydrogen) atoms. The van der Waals surface area contributed by atoms with Crippen molar-refractivity contribution in [2.24, 2.45) is 0 Å². The quantitative estimate of drug-likeness (QED) is 0.493. The minimum absolute atomic E-state index is 0.0265. The summed E-state index contributed by atoms with van der Waals surface area (Å²) in [5.74, 6) is -1.40. The Hall–Kier alpha value is -0.420. The average molecular weight is 265 g/mol. The van der Waals surface area contributed by atoms with Gasteiger partial charge in [-0.1, -0.05) is 19.8 Å². The molecule has 0 amide bonds. The summed E-state index contributed by atoms with van der Waals surface area (Å²) in [6, 6.07) is 0. The van der Waals surface area contributed by atoms with E-state index in [1.807, 2.05) is 6.92 Å². The van der Waals surface area contributed by atoms with Crippen molar-refractivity contribution in [1.29, 1.82) is 0 Å². The molecular weight excluding hydrogens is 245 g/mol. The van der Waals surface area contributed by atoms with Crippen LogP contribution in [0.2, 0.25) is 0 Å². The highest BCUT2D eigenvalue weighted by molar-refractivity contribution is 7.54. The van der Waals surface area contributed by atoms with Crippen LogP contribution in [-0.4, -0.2) is 44.1 Å². The number of hydrogen-bond acceptors (Lipinski definition) is 3. The van der Waals surface area contributed by atoms with Crippen LogP contribution in [0.15, 0.2) is 0 Å². The number of rotatable bonds is 6. The Balaban J connectivity index is 2.88. The van der Waals surface area contributed by atoms with Crippen molar-refractivity contribution < 1.29 is 24.3 Å². The number of carbonyl (C=O) groups is 1. The summed E-state index contributed by atoms with van der Waals surface area (Å²) in [6.07, 6.45) is 3.24. The maximum atomic E-state index is 11.5. The van der Waals surface area contributed by atoms with Gasteiger partial charge >= 0.3 is 13.6 Å². The molecule has 6 nitrogen and oxygen atoms in total. The Labute approximate surface area is 101 Å². The molecule has 3 N–H and O–H groups in total. The van der Waals surface area contributed by atoms with Crippen LogP contribution in [0.5, 0.6) is 0 Å². The van der Waals surface area contributed by atoms with Crippen molar-refractivity contribution in [2.45, 2.75) is 44.3 Å². The first kappa shape index (κ1) is 14.6. The molecule has 0 radical (unpaired) electrons. The zero-order valence-corrected chi connectivity index (χ0v) is 10.9. The summed E-state index contributed by atoms with van der Waals surface area (Å²) in [5, 5.41) is 7.21. The van der Waals surface area contributed by atoms with Gasteiger partial charge in [-0.2, -0.15) is 0 Å². The zero-order valence-electron chi connectivity index (χ0n) is 10.0. The van der Waals surface area contributed by atoms with E-state index in [0.29, 0.717) is 19.5 Å². The molecule has 1 heterocycles. The molecule has 1 aliphatic heterocycles. The fraction of sp³-hybridized carbons (Fsp3) is 0.900. The standard InChI is InChI=1S/C10H20NO5P/c1-2-3-4-7-11-8-5-6-10(11,9(12)13)17(14,15)16/h2-8H2,1H3,(H,12,13)(H2,14,15,16). The number of aliphatic carboxylic acids is 1. The average Bonchev–Trinajstić information content (AvgIpc) is 2.62. The summed E-state index contributed by atoms with van der Waals surface area (Å²) in [5.41, 5.74) is 0. The summed E-state index contributed by atoms with van der Waals surface area (Å²) in [6.45, 7) is 2.91. The molecule has 0 aromatic carbocycles. The van der Waals surface area contributed by atoms with Crippen LogP contribution in [0.25, 0.3) is 0 Å². The topological polar surface area (TPSA) is 98.1 Å². The molecule has 0 aromatic rings. The van der Waals surface area contributed by atoms with Crippen LogP contribution in [-0.2, 0) is 9.36 Å². The highest BCUT2D eigenvalue weighted by Gasteiger charge is 2.60. The SMILES string of the molecule is CCCCCN1CCCC1(C(=O)O)P(=O)(O)O. The molecule has 1 fully saturated rings. The first-order valence-corrected chi connectivity index (χ1v) is 7.51. The van der Waals surface area contributed by atoms with E-state index in [2.05, 4.69) is 0 Å². The molecule has 0 saturated carbocycles. The maximum absolute atomic E-state index is 11.5. The van der Waals surface area contributed by atoms with E-state index >= 15 is 0 Å². The predicted octanol–water partition coefficient (Wildman–Crippen LogP) is 1.23. The fourth-order valence-corrected chi connectivity index (χ4v) is 3.67. The molecule has 1 aliphatic rings. The minimum Gasteiger partial charge on any atom is -0.479 e. The second kappa shape index (κ2) is 5.48. The van der Waals surface area contributed by atoms with Crippen molar-refractivity contribution in [3.05, 3.63) is 0 Å². The van der Waals surface area contributed by atoms with Gasteiger partial charge in [-0.25, -0.2) is 4.79 Å². The van der Waals surface area contributed by atoms with E-state index in [1.54, 1.807) is 0 Å². The Morgan fingerprint density at radius 3 is 2.53 bits per heavy atom. The second-order valence-electron chi connectivity index (χ2n) is 4.46. The van der Waals surface area contributed by atoms with Crippen molar-refractivity contribution in [3.8, 4) is 0 Å². The van der Waals surface area contributed by atoms with E-state index < -0.39 is 18.8 Å². The van der Waals surface area contributed by atoms with E-state index in [4.69, 9.17) is 0 Å². The smallest absolute Gasteiger partial charge is 0.357 e. The first-order chi connectivity index (χ1) is 7.86. The first-order valence-electron chi connectivity index (χ1n) is 5.90. The molecule has 1 atom stereocenters. The molecule has 1 rings (SSSR count). The molecule has 0 aliphatic carbocycles. The van der Waals surface area contributed by atoms with Gasteiger partial charge in [0.1, 0.15) is 0 Å². The van der Waals surface area contributed by atoms with Gasteiger partial charge in [0.25, 0.3) is 0 Å². The Morgan fingerprint density at radius 2 is 2.06 bits per heavy atom. The van der Waals surface area contributed by atoms with Crippen molar-refractivity contribution >= 4 is 13.6 Å². The van der Waals surface area contributed by atoms with Crippen molar-refractivity contribution in [1.82, 2.24) is 4.90 Å². The lowest BCUT2D eigenvalue weighted by Crippen LogP contribution is -2.50. The summed E-state index contributed by atoms with van der Waals surface area (Å²) >= 11 is 0. The third-order valence-electron chi connectivity index (χ3n) is 3.33. The monoisotopic (exact) mass is 265 g/mol. The van der Waals surface area contributed by atoms with Crippen LogP contribution < -0.4 is 0 Å².